The summed E-state index contributed by atoms with van der Waals surface area (Å²) in [5.74, 6) is 1.19. The van der Waals surface area contributed by atoms with Crippen LogP contribution in [0.4, 0.5) is 0 Å². The Bertz CT molecular complexity index is 323. The first-order valence-corrected chi connectivity index (χ1v) is 6.77. The third-order valence-corrected chi connectivity index (χ3v) is 4.55. The number of hydrogen-bond donors (Lipinski definition) is 1. The summed E-state index contributed by atoms with van der Waals surface area (Å²) in [6, 6.07) is 4.03. The minimum atomic E-state index is -0.109. The molecular formula is C12H17ClOS. The molecule has 0 aliphatic heterocycles. The normalized spacial score (nSPS) is 31.8. The number of halogens is 1. The van der Waals surface area contributed by atoms with E-state index in [1.54, 1.807) is 11.3 Å². The first-order chi connectivity index (χ1) is 7.15. The van der Waals surface area contributed by atoms with E-state index in [9.17, 15) is 5.11 Å². The molecule has 0 radical (unpaired) electrons. The number of aliphatic hydroxyl groups is 1. The first-order valence-electron chi connectivity index (χ1n) is 5.57. The fourth-order valence-electron chi connectivity index (χ4n) is 2.42. The van der Waals surface area contributed by atoms with Gasteiger partial charge in [0, 0.05) is 4.88 Å². The highest BCUT2D eigenvalue weighted by molar-refractivity contribution is 7.16. The third kappa shape index (κ3) is 2.96. The van der Waals surface area contributed by atoms with Gasteiger partial charge in [0.25, 0.3) is 0 Å². The molecule has 3 unspecified atom stereocenters. The maximum Gasteiger partial charge on any atom is 0.0931 e. The monoisotopic (exact) mass is 244 g/mol. The van der Waals surface area contributed by atoms with Crippen molar-refractivity contribution >= 4 is 22.9 Å². The SMILES string of the molecule is CC1CCC(O)C(Cc2ccc(Cl)s2)C1. The highest BCUT2D eigenvalue weighted by Gasteiger charge is 2.27. The number of rotatable bonds is 2. The topological polar surface area (TPSA) is 20.2 Å². The van der Waals surface area contributed by atoms with Crippen LogP contribution >= 0.6 is 22.9 Å². The minimum Gasteiger partial charge on any atom is -0.393 e. The smallest absolute Gasteiger partial charge is 0.0931 e. The summed E-state index contributed by atoms with van der Waals surface area (Å²) in [4.78, 5) is 1.30. The Morgan fingerprint density at radius 2 is 2.27 bits per heavy atom. The van der Waals surface area contributed by atoms with Crippen LogP contribution in [0.25, 0.3) is 0 Å². The maximum atomic E-state index is 9.93. The van der Waals surface area contributed by atoms with E-state index >= 15 is 0 Å². The molecule has 1 saturated carbocycles. The van der Waals surface area contributed by atoms with Crippen LogP contribution in [-0.4, -0.2) is 11.2 Å². The van der Waals surface area contributed by atoms with Crippen LogP contribution in [-0.2, 0) is 6.42 Å². The fraction of sp³-hybridized carbons (Fsp3) is 0.667. The van der Waals surface area contributed by atoms with Crippen molar-refractivity contribution in [1.29, 1.82) is 0 Å². The van der Waals surface area contributed by atoms with Crippen LogP contribution in [0.5, 0.6) is 0 Å². The summed E-state index contributed by atoms with van der Waals surface area (Å²) in [5.41, 5.74) is 0. The van der Waals surface area contributed by atoms with Crippen LogP contribution in [0.1, 0.15) is 31.1 Å². The Labute approximate surface area is 100 Å². The summed E-state index contributed by atoms with van der Waals surface area (Å²) in [5, 5.41) is 9.93. The highest BCUT2D eigenvalue weighted by Crippen LogP contribution is 2.33. The third-order valence-electron chi connectivity index (χ3n) is 3.30. The minimum absolute atomic E-state index is 0.109. The Balaban J connectivity index is 1.98. The van der Waals surface area contributed by atoms with Gasteiger partial charge in [-0.2, -0.15) is 0 Å². The van der Waals surface area contributed by atoms with Crippen molar-refractivity contribution in [2.75, 3.05) is 0 Å². The average Bonchev–Trinajstić information content (AvgIpc) is 2.58. The number of aliphatic hydroxyl groups excluding tert-OH is 1. The van der Waals surface area contributed by atoms with E-state index < -0.39 is 0 Å². The zero-order valence-electron chi connectivity index (χ0n) is 8.95. The van der Waals surface area contributed by atoms with Crippen LogP contribution in [0.2, 0.25) is 4.34 Å². The van der Waals surface area contributed by atoms with Crippen molar-refractivity contribution < 1.29 is 5.11 Å². The number of hydrogen-bond acceptors (Lipinski definition) is 2. The molecule has 1 N–H and O–H groups in total. The van der Waals surface area contributed by atoms with E-state index in [1.807, 2.05) is 6.07 Å². The molecule has 3 heteroatoms. The van der Waals surface area contributed by atoms with Crippen LogP contribution in [0, 0.1) is 11.8 Å². The molecule has 84 valence electrons. The van der Waals surface area contributed by atoms with E-state index in [2.05, 4.69) is 13.0 Å². The lowest BCUT2D eigenvalue weighted by molar-refractivity contribution is 0.0523. The van der Waals surface area contributed by atoms with Crippen LogP contribution in [0.3, 0.4) is 0 Å². The average molecular weight is 245 g/mol. The molecular weight excluding hydrogens is 228 g/mol. The predicted octanol–water partition coefficient (Wildman–Crippen LogP) is 3.74. The van der Waals surface area contributed by atoms with E-state index in [0.717, 1.165) is 29.5 Å². The zero-order valence-corrected chi connectivity index (χ0v) is 10.5. The lowest BCUT2D eigenvalue weighted by Crippen LogP contribution is -2.29. The summed E-state index contributed by atoms with van der Waals surface area (Å²) >= 11 is 7.54. The molecule has 1 aliphatic rings. The summed E-state index contributed by atoms with van der Waals surface area (Å²) in [7, 11) is 0. The molecule has 3 atom stereocenters. The Kier molecular flexibility index (Phi) is 3.70. The molecule has 0 aromatic carbocycles. The van der Waals surface area contributed by atoms with E-state index in [1.165, 1.54) is 11.3 Å². The van der Waals surface area contributed by atoms with Gasteiger partial charge in [-0.05, 0) is 49.7 Å². The van der Waals surface area contributed by atoms with Gasteiger partial charge in [-0.1, -0.05) is 18.5 Å². The molecule has 1 fully saturated rings. The number of thiophene rings is 1. The quantitative estimate of drug-likeness (QED) is 0.840. The zero-order chi connectivity index (χ0) is 10.8. The largest absolute Gasteiger partial charge is 0.393 e. The van der Waals surface area contributed by atoms with E-state index in [4.69, 9.17) is 11.6 Å². The van der Waals surface area contributed by atoms with Crippen molar-refractivity contribution in [1.82, 2.24) is 0 Å². The predicted molar refractivity (Wildman–Crippen MR) is 65.5 cm³/mol. The molecule has 0 amide bonds. The van der Waals surface area contributed by atoms with E-state index in [-0.39, 0.29) is 6.10 Å². The van der Waals surface area contributed by atoms with Gasteiger partial charge in [0.05, 0.1) is 10.4 Å². The van der Waals surface area contributed by atoms with Gasteiger partial charge in [-0.15, -0.1) is 11.3 Å². The van der Waals surface area contributed by atoms with Crippen molar-refractivity contribution in [2.45, 2.75) is 38.7 Å². The Hall–Kier alpha value is -0.0500. The second-order valence-electron chi connectivity index (χ2n) is 4.66. The van der Waals surface area contributed by atoms with Gasteiger partial charge in [0.1, 0.15) is 0 Å². The first kappa shape index (κ1) is 11.4. The van der Waals surface area contributed by atoms with Gasteiger partial charge in [-0.25, -0.2) is 0 Å². The lowest BCUT2D eigenvalue weighted by atomic mass is 9.78. The highest BCUT2D eigenvalue weighted by atomic mass is 35.5. The maximum absolute atomic E-state index is 9.93. The summed E-state index contributed by atoms with van der Waals surface area (Å²) < 4.78 is 0.850. The van der Waals surface area contributed by atoms with Crippen molar-refractivity contribution in [2.24, 2.45) is 11.8 Å². The second-order valence-corrected chi connectivity index (χ2v) is 6.46. The van der Waals surface area contributed by atoms with Gasteiger partial charge < -0.3 is 5.11 Å². The molecule has 1 aliphatic carbocycles. The molecule has 1 aromatic heterocycles. The molecule has 0 bridgehead atoms. The standard InChI is InChI=1S/C12H17ClOS/c1-8-2-4-11(14)9(6-8)7-10-3-5-12(13)15-10/h3,5,8-9,11,14H,2,4,6-7H2,1H3. The van der Waals surface area contributed by atoms with Crippen LogP contribution < -0.4 is 0 Å². The van der Waals surface area contributed by atoms with Crippen molar-refractivity contribution in [3.63, 3.8) is 0 Å². The Morgan fingerprint density at radius 1 is 1.47 bits per heavy atom. The second kappa shape index (κ2) is 4.86. The molecule has 15 heavy (non-hydrogen) atoms. The van der Waals surface area contributed by atoms with Gasteiger partial charge in [0.2, 0.25) is 0 Å². The lowest BCUT2D eigenvalue weighted by Gasteiger charge is -2.31. The van der Waals surface area contributed by atoms with E-state index in [0.29, 0.717) is 5.92 Å². The van der Waals surface area contributed by atoms with Gasteiger partial charge in [-0.3, -0.25) is 0 Å². The fourth-order valence-corrected chi connectivity index (χ4v) is 3.60. The van der Waals surface area contributed by atoms with Crippen molar-refractivity contribution in [3.8, 4) is 0 Å². The molecule has 0 spiro atoms. The van der Waals surface area contributed by atoms with Crippen molar-refractivity contribution in [3.05, 3.63) is 21.3 Å². The van der Waals surface area contributed by atoms with Gasteiger partial charge >= 0.3 is 0 Å². The van der Waals surface area contributed by atoms with Gasteiger partial charge in [0.15, 0.2) is 0 Å². The summed E-state index contributed by atoms with van der Waals surface area (Å²) in [6.07, 6.45) is 4.16. The molecule has 1 heterocycles. The Morgan fingerprint density at radius 3 is 2.93 bits per heavy atom. The molecule has 2 rings (SSSR count). The molecule has 0 saturated heterocycles. The molecule has 1 nitrogen and oxygen atoms in total. The summed E-state index contributed by atoms with van der Waals surface area (Å²) in [6.45, 7) is 2.28. The molecule has 1 aromatic rings. The van der Waals surface area contributed by atoms with Crippen LogP contribution in [0.15, 0.2) is 12.1 Å².